The summed E-state index contributed by atoms with van der Waals surface area (Å²) in [4.78, 5) is 0. The van der Waals surface area contributed by atoms with Gasteiger partial charge < -0.3 is 4.74 Å². The molecule has 3 atom stereocenters. The van der Waals surface area contributed by atoms with Crippen LogP contribution in [0.15, 0.2) is 54.6 Å². The molecule has 0 aromatic heterocycles. The summed E-state index contributed by atoms with van der Waals surface area (Å²) in [6.07, 6.45) is 2.22. The minimum Gasteiger partial charge on any atom is -0.376 e. The van der Waals surface area contributed by atoms with E-state index in [2.05, 4.69) is 55.5 Å². The summed E-state index contributed by atoms with van der Waals surface area (Å²) in [5.41, 5.74) is 3.81. The fourth-order valence-electron chi connectivity index (χ4n) is 2.93. The lowest BCUT2D eigenvalue weighted by atomic mass is 9.95. The number of alkyl halides is 1. The molecule has 1 aliphatic heterocycles. The maximum Gasteiger partial charge on any atom is 0.0849 e. The van der Waals surface area contributed by atoms with E-state index >= 15 is 0 Å². The van der Waals surface area contributed by atoms with Gasteiger partial charge in [0.1, 0.15) is 0 Å². The molecule has 2 aromatic rings. The van der Waals surface area contributed by atoms with E-state index in [9.17, 15) is 0 Å². The highest BCUT2D eigenvalue weighted by Gasteiger charge is 2.31. The molecule has 0 spiro atoms. The third kappa shape index (κ3) is 3.48. The summed E-state index contributed by atoms with van der Waals surface area (Å²) in [6, 6.07) is 19.2. The summed E-state index contributed by atoms with van der Waals surface area (Å²) < 4.78 is 5.78. The summed E-state index contributed by atoms with van der Waals surface area (Å²) in [7, 11) is 0. The Morgan fingerprint density at radius 3 is 2.33 bits per heavy atom. The van der Waals surface area contributed by atoms with Crippen molar-refractivity contribution < 1.29 is 4.74 Å². The van der Waals surface area contributed by atoms with Crippen LogP contribution in [0.4, 0.5) is 0 Å². The van der Waals surface area contributed by atoms with Crippen molar-refractivity contribution in [1.29, 1.82) is 0 Å². The van der Waals surface area contributed by atoms with Crippen molar-refractivity contribution in [2.45, 2.75) is 31.2 Å². The Kier molecular flexibility index (Phi) is 4.62. The predicted molar refractivity (Wildman–Crippen MR) is 87.8 cm³/mol. The molecule has 1 aliphatic rings. The van der Waals surface area contributed by atoms with Crippen molar-refractivity contribution in [3.63, 3.8) is 0 Å². The first-order valence-electron chi connectivity index (χ1n) is 7.62. The van der Waals surface area contributed by atoms with Crippen LogP contribution in [-0.2, 0) is 11.2 Å². The van der Waals surface area contributed by atoms with Gasteiger partial charge in [0, 0.05) is 6.61 Å². The lowest BCUT2D eigenvalue weighted by Crippen LogP contribution is -2.19. The Morgan fingerprint density at radius 2 is 1.71 bits per heavy atom. The van der Waals surface area contributed by atoms with Gasteiger partial charge in [-0.15, -0.1) is 11.6 Å². The summed E-state index contributed by atoms with van der Waals surface area (Å²) in [6.45, 7) is 3.05. The van der Waals surface area contributed by atoms with E-state index in [0.717, 1.165) is 25.0 Å². The Morgan fingerprint density at radius 1 is 1.05 bits per heavy atom. The van der Waals surface area contributed by atoms with E-state index in [1.807, 2.05) is 6.07 Å². The van der Waals surface area contributed by atoms with E-state index in [-0.39, 0.29) is 11.5 Å². The molecule has 1 heterocycles. The molecule has 0 aliphatic carbocycles. The molecule has 0 saturated carbocycles. The van der Waals surface area contributed by atoms with Gasteiger partial charge in [-0.25, -0.2) is 0 Å². The molecule has 2 aromatic carbocycles. The van der Waals surface area contributed by atoms with Crippen LogP contribution in [0.5, 0.6) is 0 Å². The monoisotopic (exact) mass is 300 g/mol. The van der Waals surface area contributed by atoms with Gasteiger partial charge in [0.2, 0.25) is 0 Å². The zero-order chi connectivity index (χ0) is 14.7. The highest BCUT2D eigenvalue weighted by molar-refractivity contribution is 6.21. The summed E-state index contributed by atoms with van der Waals surface area (Å²) in [5.74, 6) is 0.538. The third-order valence-corrected chi connectivity index (χ3v) is 4.78. The van der Waals surface area contributed by atoms with E-state index in [1.54, 1.807) is 0 Å². The number of hydrogen-bond acceptors (Lipinski definition) is 1. The van der Waals surface area contributed by atoms with E-state index < -0.39 is 0 Å². The quantitative estimate of drug-likeness (QED) is 0.723. The van der Waals surface area contributed by atoms with Crippen LogP contribution in [0.25, 0.3) is 0 Å². The maximum absolute atomic E-state index is 6.59. The Hall–Kier alpha value is -1.31. The number of benzene rings is 2. The molecule has 3 unspecified atom stereocenters. The summed E-state index contributed by atoms with van der Waals surface area (Å²) >= 11 is 6.59. The third-order valence-electron chi connectivity index (χ3n) is 4.28. The van der Waals surface area contributed by atoms with Crippen molar-refractivity contribution >= 4 is 11.6 Å². The van der Waals surface area contributed by atoms with E-state index in [0.29, 0.717) is 5.92 Å². The number of ether oxygens (including phenoxy) is 1. The second kappa shape index (κ2) is 6.64. The molecule has 21 heavy (non-hydrogen) atoms. The Labute approximate surface area is 131 Å². The van der Waals surface area contributed by atoms with Gasteiger partial charge in [-0.1, -0.05) is 61.5 Å². The van der Waals surface area contributed by atoms with Crippen molar-refractivity contribution in [1.82, 2.24) is 0 Å². The molecule has 0 radical (unpaired) electrons. The number of rotatable bonds is 4. The van der Waals surface area contributed by atoms with Gasteiger partial charge in [-0.2, -0.15) is 0 Å². The topological polar surface area (TPSA) is 9.23 Å². The lowest BCUT2D eigenvalue weighted by molar-refractivity contribution is 0.0903. The minimum atomic E-state index is -0.0479. The number of hydrogen-bond donors (Lipinski definition) is 0. The molecule has 0 bridgehead atoms. The summed E-state index contributed by atoms with van der Waals surface area (Å²) in [5, 5.41) is -0.0479. The van der Waals surface area contributed by atoms with Crippen LogP contribution < -0.4 is 0 Å². The zero-order valence-electron chi connectivity index (χ0n) is 12.3. The smallest absolute Gasteiger partial charge is 0.0849 e. The Balaban J connectivity index is 1.69. The lowest BCUT2D eigenvalue weighted by Gasteiger charge is -2.21. The molecule has 2 heteroatoms. The highest BCUT2D eigenvalue weighted by Crippen LogP contribution is 2.35. The maximum atomic E-state index is 6.59. The van der Waals surface area contributed by atoms with Gasteiger partial charge in [-0.3, -0.25) is 0 Å². The second-order valence-electron chi connectivity index (χ2n) is 5.91. The van der Waals surface area contributed by atoms with Crippen LogP contribution in [0.1, 0.15) is 35.4 Å². The average molecular weight is 301 g/mol. The zero-order valence-corrected chi connectivity index (χ0v) is 13.1. The van der Waals surface area contributed by atoms with Crippen LogP contribution in [0, 0.1) is 5.92 Å². The van der Waals surface area contributed by atoms with Gasteiger partial charge in [0.15, 0.2) is 0 Å². The molecule has 0 N–H and O–H groups in total. The first-order chi connectivity index (χ1) is 10.2. The molecular formula is C19H21ClO. The highest BCUT2D eigenvalue weighted by atomic mass is 35.5. The average Bonchev–Trinajstić information content (AvgIpc) is 2.94. The fraction of sp³-hybridized carbons (Fsp3) is 0.368. The standard InChI is InChI=1S/C19H21ClO/c1-14-11-12-21-19(14)18(20)17-9-7-16(8-10-17)13-15-5-3-2-4-6-15/h2-10,14,18-19H,11-13H2,1H3. The largest absolute Gasteiger partial charge is 0.376 e. The van der Waals surface area contributed by atoms with Crippen molar-refractivity contribution in [2.75, 3.05) is 6.61 Å². The predicted octanol–water partition coefficient (Wildman–Crippen LogP) is 4.98. The van der Waals surface area contributed by atoms with Crippen molar-refractivity contribution in [3.05, 3.63) is 71.3 Å². The molecule has 3 rings (SSSR count). The second-order valence-corrected chi connectivity index (χ2v) is 6.38. The van der Waals surface area contributed by atoms with Crippen molar-refractivity contribution in [2.24, 2.45) is 5.92 Å². The van der Waals surface area contributed by atoms with Crippen molar-refractivity contribution in [3.8, 4) is 0 Å². The SMILES string of the molecule is CC1CCOC1C(Cl)c1ccc(Cc2ccccc2)cc1. The first kappa shape index (κ1) is 14.6. The van der Waals surface area contributed by atoms with Gasteiger partial charge in [0.25, 0.3) is 0 Å². The molecule has 1 nitrogen and oxygen atoms in total. The van der Waals surface area contributed by atoms with Crippen LogP contribution in [0.2, 0.25) is 0 Å². The fourth-order valence-corrected chi connectivity index (χ4v) is 3.40. The van der Waals surface area contributed by atoms with Crippen LogP contribution >= 0.6 is 11.6 Å². The minimum absolute atomic E-state index is 0.0479. The number of halogens is 1. The normalized spacial score (nSPS) is 23.1. The van der Waals surface area contributed by atoms with Gasteiger partial charge >= 0.3 is 0 Å². The van der Waals surface area contributed by atoms with Gasteiger partial charge in [0.05, 0.1) is 11.5 Å². The van der Waals surface area contributed by atoms with Crippen LogP contribution in [-0.4, -0.2) is 12.7 Å². The molecular weight excluding hydrogens is 280 g/mol. The van der Waals surface area contributed by atoms with E-state index in [1.165, 1.54) is 11.1 Å². The van der Waals surface area contributed by atoms with Crippen LogP contribution in [0.3, 0.4) is 0 Å². The molecule has 1 saturated heterocycles. The van der Waals surface area contributed by atoms with E-state index in [4.69, 9.17) is 16.3 Å². The Bertz CT molecular complexity index is 564. The molecule has 1 fully saturated rings. The first-order valence-corrected chi connectivity index (χ1v) is 8.06. The molecule has 110 valence electrons. The van der Waals surface area contributed by atoms with Gasteiger partial charge in [-0.05, 0) is 35.4 Å². The molecule has 0 amide bonds.